The summed E-state index contributed by atoms with van der Waals surface area (Å²) in [5, 5.41) is 10.5. The van der Waals surface area contributed by atoms with Crippen molar-refractivity contribution in [2.45, 2.75) is 19.6 Å². The Morgan fingerprint density at radius 3 is 2.89 bits per heavy atom. The van der Waals surface area contributed by atoms with Crippen molar-refractivity contribution in [3.63, 3.8) is 0 Å². The number of rotatable bonds is 4. The Bertz CT molecular complexity index is 542. The molecular weight excluding hydrogens is 292 g/mol. The first kappa shape index (κ1) is 13.5. The number of aliphatic hydroxyl groups is 1. The molecule has 3 nitrogen and oxygen atoms in total. The van der Waals surface area contributed by atoms with Gasteiger partial charge in [-0.15, -0.1) is 0 Å². The van der Waals surface area contributed by atoms with Crippen LogP contribution in [0.5, 0.6) is 0 Å². The Hall–Kier alpha value is -0.970. The van der Waals surface area contributed by atoms with Crippen LogP contribution in [0.4, 0.5) is 0 Å². The lowest BCUT2D eigenvalue weighted by Crippen LogP contribution is -2.26. The van der Waals surface area contributed by atoms with Gasteiger partial charge in [0.1, 0.15) is 0 Å². The third kappa shape index (κ3) is 3.07. The fourth-order valence-corrected chi connectivity index (χ4v) is 2.58. The third-order valence-corrected chi connectivity index (χ3v) is 3.51. The molecule has 0 fully saturated rings. The first-order valence-corrected chi connectivity index (χ1v) is 6.76. The van der Waals surface area contributed by atoms with Crippen molar-refractivity contribution < 1.29 is 5.11 Å². The second-order valence-electron chi connectivity index (χ2n) is 4.65. The van der Waals surface area contributed by atoms with E-state index in [1.54, 1.807) is 6.92 Å². The maximum absolute atomic E-state index is 9.39. The number of aromatic nitrogens is 1. The average molecular weight is 309 g/mol. The summed E-state index contributed by atoms with van der Waals surface area (Å²) < 4.78 is 1.06. The van der Waals surface area contributed by atoms with Gasteiger partial charge >= 0.3 is 0 Å². The summed E-state index contributed by atoms with van der Waals surface area (Å²) in [6, 6.07) is 8.13. The summed E-state index contributed by atoms with van der Waals surface area (Å²) in [6.07, 6.45) is 1.50. The van der Waals surface area contributed by atoms with E-state index in [1.165, 1.54) is 5.56 Å². The van der Waals surface area contributed by atoms with Crippen LogP contribution in [-0.2, 0) is 6.54 Å². The van der Waals surface area contributed by atoms with Gasteiger partial charge < -0.3 is 5.11 Å². The van der Waals surface area contributed by atoms with Gasteiger partial charge in [0, 0.05) is 29.1 Å². The molecule has 1 aromatic heterocycles. The minimum atomic E-state index is -0.315. The van der Waals surface area contributed by atoms with Gasteiger partial charge in [-0.05, 0) is 31.7 Å². The van der Waals surface area contributed by atoms with Gasteiger partial charge in [0.2, 0.25) is 0 Å². The Kier molecular flexibility index (Phi) is 4.32. The number of hydrogen-bond donors (Lipinski definition) is 1. The summed E-state index contributed by atoms with van der Waals surface area (Å²) >= 11 is 3.54. The van der Waals surface area contributed by atoms with E-state index in [9.17, 15) is 5.11 Å². The van der Waals surface area contributed by atoms with Crippen LogP contribution in [0, 0.1) is 0 Å². The van der Waals surface area contributed by atoms with Crippen molar-refractivity contribution in [3.05, 3.63) is 40.5 Å². The molecule has 0 aliphatic carbocycles. The lowest BCUT2D eigenvalue weighted by Gasteiger charge is -2.19. The summed E-state index contributed by atoms with van der Waals surface area (Å²) in [6.45, 7) is 3.24. The molecule has 1 heterocycles. The lowest BCUT2D eigenvalue weighted by molar-refractivity contribution is 0.138. The molecule has 96 valence electrons. The summed E-state index contributed by atoms with van der Waals surface area (Å²) in [7, 11) is 2.00. The molecule has 18 heavy (non-hydrogen) atoms. The molecular formula is C14H17BrN2O. The van der Waals surface area contributed by atoms with Crippen LogP contribution in [0.2, 0.25) is 0 Å². The van der Waals surface area contributed by atoms with Gasteiger partial charge in [-0.25, -0.2) is 0 Å². The lowest BCUT2D eigenvalue weighted by atomic mass is 10.1. The van der Waals surface area contributed by atoms with Gasteiger partial charge in [0.15, 0.2) is 0 Å². The van der Waals surface area contributed by atoms with Gasteiger partial charge in [-0.3, -0.25) is 9.88 Å². The van der Waals surface area contributed by atoms with E-state index >= 15 is 0 Å². The molecule has 1 aromatic carbocycles. The highest BCUT2D eigenvalue weighted by Crippen LogP contribution is 2.25. The van der Waals surface area contributed by atoms with Crippen LogP contribution in [0.1, 0.15) is 12.5 Å². The van der Waals surface area contributed by atoms with Crippen molar-refractivity contribution >= 4 is 26.8 Å². The quantitative estimate of drug-likeness (QED) is 0.943. The maximum Gasteiger partial charge on any atom is 0.0758 e. The standard InChI is InChI=1S/C14H17BrN2O/c1-10(18)8-17(2)9-11-5-6-13(15)12-4-3-7-16-14(11)12/h3-7,10,18H,8-9H2,1-2H3. The van der Waals surface area contributed by atoms with E-state index in [2.05, 4.69) is 44.0 Å². The summed E-state index contributed by atoms with van der Waals surface area (Å²) in [4.78, 5) is 6.55. The largest absolute Gasteiger partial charge is 0.392 e. The minimum absolute atomic E-state index is 0.315. The van der Waals surface area contributed by atoms with Crippen LogP contribution in [0.15, 0.2) is 34.9 Å². The fraction of sp³-hybridized carbons (Fsp3) is 0.357. The number of fused-ring (bicyclic) bond motifs is 1. The molecule has 1 N–H and O–H groups in total. The number of halogens is 1. The second kappa shape index (κ2) is 5.78. The van der Waals surface area contributed by atoms with Gasteiger partial charge in [0.25, 0.3) is 0 Å². The Morgan fingerprint density at radius 2 is 2.17 bits per heavy atom. The molecule has 2 aromatic rings. The molecule has 1 unspecified atom stereocenters. The number of nitrogens with zero attached hydrogens (tertiary/aromatic N) is 2. The zero-order valence-electron chi connectivity index (χ0n) is 10.6. The minimum Gasteiger partial charge on any atom is -0.392 e. The van der Waals surface area contributed by atoms with Crippen molar-refractivity contribution in [2.24, 2.45) is 0 Å². The van der Waals surface area contributed by atoms with E-state index in [-0.39, 0.29) is 6.10 Å². The molecule has 1 atom stereocenters. The average Bonchev–Trinajstić information content (AvgIpc) is 2.32. The Labute approximate surface area is 116 Å². The van der Waals surface area contributed by atoms with E-state index in [4.69, 9.17) is 0 Å². The molecule has 0 amide bonds. The predicted octanol–water partition coefficient (Wildman–Crippen LogP) is 2.81. The van der Waals surface area contributed by atoms with Crippen molar-refractivity contribution in [2.75, 3.05) is 13.6 Å². The highest BCUT2D eigenvalue weighted by atomic mass is 79.9. The third-order valence-electron chi connectivity index (χ3n) is 2.82. The Morgan fingerprint density at radius 1 is 1.39 bits per heavy atom. The van der Waals surface area contributed by atoms with Crippen molar-refractivity contribution in [1.82, 2.24) is 9.88 Å². The molecule has 0 radical (unpaired) electrons. The number of aliphatic hydroxyl groups excluding tert-OH is 1. The summed E-state index contributed by atoms with van der Waals surface area (Å²) in [5.41, 5.74) is 2.20. The summed E-state index contributed by atoms with van der Waals surface area (Å²) in [5.74, 6) is 0. The topological polar surface area (TPSA) is 36.4 Å². The highest BCUT2D eigenvalue weighted by molar-refractivity contribution is 9.10. The molecule has 0 spiro atoms. The predicted molar refractivity (Wildman–Crippen MR) is 77.5 cm³/mol. The second-order valence-corrected chi connectivity index (χ2v) is 5.51. The van der Waals surface area contributed by atoms with E-state index < -0.39 is 0 Å². The SMILES string of the molecule is CC(O)CN(C)Cc1ccc(Br)c2cccnc12. The van der Waals surface area contributed by atoms with E-state index in [0.29, 0.717) is 6.54 Å². The molecule has 4 heteroatoms. The van der Waals surface area contributed by atoms with Crippen molar-refractivity contribution in [1.29, 1.82) is 0 Å². The molecule has 0 aliphatic heterocycles. The fourth-order valence-electron chi connectivity index (χ4n) is 2.13. The van der Waals surface area contributed by atoms with Gasteiger partial charge in [-0.2, -0.15) is 0 Å². The van der Waals surface area contributed by atoms with Crippen molar-refractivity contribution in [3.8, 4) is 0 Å². The van der Waals surface area contributed by atoms with E-state index in [0.717, 1.165) is 21.9 Å². The molecule has 0 aliphatic rings. The van der Waals surface area contributed by atoms with Gasteiger partial charge in [0.05, 0.1) is 11.6 Å². The number of pyridine rings is 1. The molecule has 0 saturated heterocycles. The zero-order valence-corrected chi connectivity index (χ0v) is 12.2. The molecule has 2 rings (SSSR count). The van der Waals surface area contributed by atoms with Crippen LogP contribution in [-0.4, -0.2) is 34.7 Å². The van der Waals surface area contributed by atoms with E-state index in [1.807, 2.05) is 19.3 Å². The van der Waals surface area contributed by atoms with Crippen LogP contribution >= 0.6 is 15.9 Å². The van der Waals surface area contributed by atoms with Crippen LogP contribution in [0.25, 0.3) is 10.9 Å². The number of benzene rings is 1. The zero-order chi connectivity index (χ0) is 13.1. The van der Waals surface area contributed by atoms with Crippen LogP contribution < -0.4 is 0 Å². The number of hydrogen-bond acceptors (Lipinski definition) is 3. The maximum atomic E-state index is 9.39. The Balaban J connectivity index is 2.31. The van der Waals surface area contributed by atoms with Gasteiger partial charge in [-0.1, -0.05) is 28.1 Å². The molecule has 0 saturated carbocycles. The van der Waals surface area contributed by atoms with Crippen LogP contribution in [0.3, 0.4) is 0 Å². The first-order valence-electron chi connectivity index (χ1n) is 5.96. The highest BCUT2D eigenvalue weighted by Gasteiger charge is 2.09. The molecule has 0 bridgehead atoms. The number of likely N-dealkylation sites (N-methyl/N-ethyl adjacent to an activating group) is 1. The monoisotopic (exact) mass is 308 g/mol. The first-order chi connectivity index (χ1) is 8.58. The normalized spacial score (nSPS) is 13.2. The smallest absolute Gasteiger partial charge is 0.0758 e.